The number of nitrogens with one attached hydrogen (secondary N) is 1. The average molecular weight is 368 g/mol. The lowest BCUT2D eigenvalue weighted by molar-refractivity contribution is 0.0644. The van der Waals surface area contributed by atoms with E-state index in [2.05, 4.69) is 41.1 Å². The molecular weight excluding hydrogens is 340 g/mol. The third-order valence-corrected chi connectivity index (χ3v) is 5.74. The molecule has 0 aromatic carbocycles. The van der Waals surface area contributed by atoms with Gasteiger partial charge in [0.25, 0.3) is 5.91 Å². The van der Waals surface area contributed by atoms with Gasteiger partial charge >= 0.3 is 0 Å². The number of carbonyl (C=O) groups is 1. The van der Waals surface area contributed by atoms with Gasteiger partial charge in [-0.1, -0.05) is 13.0 Å². The molecule has 0 radical (unpaired) electrons. The zero-order valence-corrected chi connectivity index (χ0v) is 16.4. The molecule has 2 aliphatic heterocycles. The van der Waals surface area contributed by atoms with E-state index in [0.717, 1.165) is 50.7 Å². The van der Waals surface area contributed by atoms with Crippen LogP contribution in [0.5, 0.6) is 0 Å². The second-order valence-electron chi connectivity index (χ2n) is 8.01. The van der Waals surface area contributed by atoms with Crippen LogP contribution >= 0.6 is 0 Å². The summed E-state index contributed by atoms with van der Waals surface area (Å²) in [6, 6.07) is 6.02. The zero-order chi connectivity index (χ0) is 19.0. The normalized spacial score (nSPS) is 22.2. The first kappa shape index (κ1) is 18.0. The van der Waals surface area contributed by atoms with Crippen molar-refractivity contribution in [2.24, 2.45) is 0 Å². The van der Waals surface area contributed by atoms with E-state index in [1.165, 1.54) is 0 Å². The molecule has 0 spiro atoms. The van der Waals surface area contributed by atoms with Gasteiger partial charge in [-0.3, -0.25) is 9.78 Å². The van der Waals surface area contributed by atoms with Crippen LogP contribution in [-0.4, -0.2) is 63.2 Å². The number of likely N-dealkylation sites (N-methyl/N-ethyl adjacent to an activating group) is 1. The topological polar surface area (TPSA) is 66.3 Å². The van der Waals surface area contributed by atoms with Gasteiger partial charge in [-0.15, -0.1) is 0 Å². The molecule has 144 valence electrons. The van der Waals surface area contributed by atoms with Crippen molar-refractivity contribution in [2.75, 3.05) is 38.0 Å². The first-order chi connectivity index (χ1) is 13.0. The Labute approximate surface area is 160 Å². The molecule has 27 heavy (non-hydrogen) atoms. The Hall–Kier alpha value is -2.41. The van der Waals surface area contributed by atoms with Crippen LogP contribution in [0.15, 0.2) is 30.6 Å². The quantitative estimate of drug-likeness (QED) is 0.901. The van der Waals surface area contributed by atoms with Crippen molar-refractivity contribution in [2.45, 2.75) is 38.8 Å². The van der Waals surface area contributed by atoms with Crippen molar-refractivity contribution < 1.29 is 4.79 Å². The SMILES string of the molecule is CCN1CCN(C(=O)c2cnn3c2NC(c2ccccn2)CC3(C)C)CC1. The van der Waals surface area contributed by atoms with Crippen molar-refractivity contribution in [3.05, 3.63) is 41.9 Å². The highest BCUT2D eigenvalue weighted by Crippen LogP contribution is 2.39. The molecule has 0 saturated carbocycles. The Balaban J connectivity index is 1.61. The van der Waals surface area contributed by atoms with Crippen molar-refractivity contribution in [1.29, 1.82) is 0 Å². The smallest absolute Gasteiger partial charge is 0.259 e. The summed E-state index contributed by atoms with van der Waals surface area (Å²) in [5, 5.41) is 8.10. The van der Waals surface area contributed by atoms with Crippen LogP contribution in [-0.2, 0) is 5.54 Å². The molecule has 1 fully saturated rings. The second kappa shape index (κ2) is 6.96. The summed E-state index contributed by atoms with van der Waals surface area (Å²) < 4.78 is 1.96. The number of amides is 1. The molecule has 2 aromatic rings. The van der Waals surface area contributed by atoms with E-state index in [1.54, 1.807) is 6.20 Å². The van der Waals surface area contributed by atoms with Gasteiger partial charge in [0.1, 0.15) is 11.4 Å². The van der Waals surface area contributed by atoms with Crippen molar-refractivity contribution >= 4 is 11.7 Å². The maximum Gasteiger partial charge on any atom is 0.259 e. The molecule has 0 aliphatic carbocycles. The predicted molar refractivity (Wildman–Crippen MR) is 105 cm³/mol. The lowest BCUT2D eigenvalue weighted by atomic mass is 9.91. The Kier molecular flexibility index (Phi) is 4.63. The molecular formula is C20H28N6O. The summed E-state index contributed by atoms with van der Waals surface area (Å²) in [4.78, 5) is 22.0. The fourth-order valence-electron chi connectivity index (χ4n) is 4.10. The number of anilines is 1. The molecule has 2 aliphatic rings. The van der Waals surface area contributed by atoms with Crippen molar-refractivity contribution in [3.8, 4) is 0 Å². The van der Waals surface area contributed by atoms with E-state index >= 15 is 0 Å². The van der Waals surface area contributed by atoms with E-state index < -0.39 is 0 Å². The molecule has 4 rings (SSSR count). The highest BCUT2D eigenvalue weighted by molar-refractivity contribution is 5.99. The number of pyridine rings is 1. The van der Waals surface area contributed by atoms with E-state index in [1.807, 2.05) is 34.0 Å². The van der Waals surface area contributed by atoms with Gasteiger partial charge in [0.15, 0.2) is 0 Å². The monoisotopic (exact) mass is 368 g/mol. The lowest BCUT2D eigenvalue weighted by Gasteiger charge is -2.38. The number of rotatable bonds is 3. The maximum atomic E-state index is 13.2. The molecule has 7 nitrogen and oxygen atoms in total. The highest BCUT2D eigenvalue weighted by Gasteiger charge is 2.38. The van der Waals surface area contributed by atoms with Crippen LogP contribution in [0.2, 0.25) is 0 Å². The first-order valence-corrected chi connectivity index (χ1v) is 9.77. The summed E-state index contributed by atoms with van der Waals surface area (Å²) >= 11 is 0. The minimum Gasteiger partial charge on any atom is -0.361 e. The largest absolute Gasteiger partial charge is 0.361 e. The molecule has 0 bridgehead atoms. The van der Waals surface area contributed by atoms with Crippen molar-refractivity contribution in [3.63, 3.8) is 0 Å². The minimum absolute atomic E-state index is 0.0638. The highest BCUT2D eigenvalue weighted by atomic mass is 16.2. The van der Waals surface area contributed by atoms with Crippen LogP contribution in [0.1, 0.15) is 49.3 Å². The standard InChI is InChI=1S/C20H28N6O/c1-4-24-9-11-25(12-10-24)19(27)15-14-22-26-18(15)23-17(13-20(26,2)3)16-7-5-6-8-21-16/h5-8,14,17,23H,4,9-13H2,1-3H3. The minimum atomic E-state index is -0.192. The van der Waals surface area contributed by atoms with Gasteiger partial charge < -0.3 is 15.1 Å². The van der Waals surface area contributed by atoms with Crippen LogP contribution in [0.4, 0.5) is 5.82 Å². The molecule has 4 heterocycles. The van der Waals surface area contributed by atoms with Gasteiger partial charge in [-0.25, -0.2) is 4.68 Å². The average Bonchev–Trinajstić information content (AvgIpc) is 3.13. The third-order valence-electron chi connectivity index (χ3n) is 5.74. The molecule has 1 unspecified atom stereocenters. The molecule has 1 atom stereocenters. The maximum absolute atomic E-state index is 13.2. The Morgan fingerprint density at radius 2 is 2.04 bits per heavy atom. The Morgan fingerprint density at radius 1 is 1.26 bits per heavy atom. The molecule has 1 N–H and O–H groups in total. The van der Waals surface area contributed by atoms with E-state index in [-0.39, 0.29) is 17.5 Å². The number of hydrogen-bond acceptors (Lipinski definition) is 5. The zero-order valence-electron chi connectivity index (χ0n) is 16.4. The van der Waals surface area contributed by atoms with Gasteiger partial charge in [0, 0.05) is 32.4 Å². The third kappa shape index (κ3) is 3.32. The molecule has 1 saturated heterocycles. The van der Waals surface area contributed by atoms with Gasteiger partial charge in [-0.2, -0.15) is 5.10 Å². The summed E-state index contributed by atoms with van der Waals surface area (Å²) in [5.41, 5.74) is 1.46. The number of aromatic nitrogens is 3. The van der Waals surface area contributed by atoms with Gasteiger partial charge in [-0.05, 0) is 38.9 Å². The van der Waals surface area contributed by atoms with Crippen LogP contribution < -0.4 is 5.32 Å². The van der Waals surface area contributed by atoms with Crippen LogP contribution in [0.25, 0.3) is 0 Å². The number of piperazine rings is 1. The molecule has 1 amide bonds. The van der Waals surface area contributed by atoms with E-state index in [4.69, 9.17) is 0 Å². The Morgan fingerprint density at radius 3 is 2.70 bits per heavy atom. The van der Waals surface area contributed by atoms with Crippen LogP contribution in [0.3, 0.4) is 0 Å². The lowest BCUT2D eigenvalue weighted by Crippen LogP contribution is -2.48. The number of fused-ring (bicyclic) bond motifs is 1. The first-order valence-electron chi connectivity index (χ1n) is 9.77. The summed E-state index contributed by atoms with van der Waals surface area (Å²) in [5.74, 6) is 0.877. The molecule has 7 heteroatoms. The number of nitrogens with zero attached hydrogens (tertiary/aromatic N) is 5. The number of hydrogen-bond donors (Lipinski definition) is 1. The van der Waals surface area contributed by atoms with E-state index in [9.17, 15) is 4.79 Å². The van der Waals surface area contributed by atoms with E-state index in [0.29, 0.717) is 5.56 Å². The summed E-state index contributed by atoms with van der Waals surface area (Å²) in [6.07, 6.45) is 4.40. The predicted octanol–water partition coefficient (Wildman–Crippen LogP) is 2.35. The fourth-order valence-corrected chi connectivity index (χ4v) is 4.10. The second-order valence-corrected chi connectivity index (χ2v) is 8.01. The fraction of sp³-hybridized carbons (Fsp3) is 0.550. The van der Waals surface area contributed by atoms with Crippen molar-refractivity contribution in [1.82, 2.24) is 24.6 Å². The summed E-state index contributed by atoms with van der Waals surface area (Å²) in [7, 11) is 0. The summed E-state index contributed by atoms with van der Waals surface area (Å²) in [6.45, 7) is 10.9. The number of carbonyl (C=O) groups excluding carboxylic acids is 1. The van der Waals surface area contributed by atoms with Gasteiger partial charge in [0.2, 0.25) is 0 Å². The Bertz CT molecular complexity index is 807. The molecule has 2 aromatic heterocycles. The van der Waals surface area contributed by atoms with Crippen LogP contribution in [0, 0.1) is 0 Å². The van der Waals surface area contributed by atoms with Gasteiger partial charge in [0.05, 0.1) is 23.5 Å².